The standard InChI is InChI=1S/C13H19ClN2O2/c1-4-12(15-5-2)9(3)11-8-10(14)6-7-13(11)16(17)18/h6-9,12,15H,4-5H2,1-3H3. The van der Waals surface area contributed by atoms with Gasteiger partial charge in [-0.15, -0.1) is 0 Å². The van der Waals surface area contributed by atoms with Crippen LogP contribution >= 0.6 is 11.6 Å². The van der Waals surface area contributed by atoms with Crippen LogP contribution in [0.2, 0.25) is 5.02 Å². The normalized spacial score (nSPS) is 14.2. The fourth-order valence-electron chi connectivity index (χ4n) is 2.21. The van der Waals surface area contributed by atoms with E-state index in [1.54, 1.807) is 12.1 Å². The van der Waals surface area contributed by atoms with Crippen LogP contribution in [0.4, 0.5) is 5.69 Å². The molecule has 0 amide bonds. The van der Waals surface area contributed by atoms with Gasteiger partial charge in [-0.1, -0.05) is 32.4 Å². The Labute approximate surface area is 112 Å². The summed E-state index contributed by atoms with van der Waals surface area (Å²) in [6.45, 7) is 6.94. The van der Waals surface area contributed by atoms with Crippen LogP contribution in [-0.4, -0.2) is 17.5 Å². The van der Waals surface area contributed by atoms with Gasteiger partial charge in [0, 0.05) is 28.6 Å². The van der Waals surface area contributed by atoms with Gasteiger partial charge < -0.3 is 5.32 Å². The van der Waals surface area contributed by atoms with Crippen molar-refractivity contribution in [3.05, 3.63) is 38.9 Å². The van der Waals surface area contributed by atoms with Crippen molar-refractivity contribution in [2.75, 3.05) is 6.54 Å². The first-order chi connectivity index (χ1) is 8.51. The minimum absolute atomic E-state index is 0.0500. The maximum absolute atomic E-state index is 11.0. The van der Waals surface area contributed by atoms with Gasteiger partial charge in [0.2, 0.25) is 0 Å². The number of rotatable bonds is 6. The van der Waals surface area contributed by atoms with Crippen molar-refractivity contribution in [2.45, 2.75) is 39.2 Å². The third-order valence-electron chi connectivity index (χ3n) is 3.19. The van der Waals surface area contributed by atoms with E-state index in [0.29, 0.717) is 10.6 Å². The number of likely N-dealkylation sites (N-methyl/N-ethyl adjacent to an activating group) is 1. The number of benzene rings is 1. The van der Waals surface area contributed by atoms with Crippen LogP contribution in [0.15, 0.2) is 18.2 Å². The number of nitro benzene ring substituents is 1. The maximum Gasteiger partial charge on any atom is 0.273 e. The minimum atomic E-state index is -0.346. The Morgan fingerprint density at radius 1 is 1.44 bits per heavy atom. The Hall–Kier alpha value is -1.13. The van der Waals surface area contributed by atoms with E-state index in [1.807, 2.05) is 13.8 Å². The average Bonchev–Trinajstić information content (AvgIpc) is 2.34. The third kappa shape index (κ3) is 3.43. The van der Waals surface area contributed by atoms with Crippen molar-refractivity contribution in [1.29, 1.82) is 0 Å². The molecule has 1 rings (SSSR count). The van der Waals surface area contributed by atoms with Crippen molar-refractivity contribution in [1.82, 2.24) is 5.32 Å². The summed E-state index contributed by atoms with van der Waals surface area (Å²) in [7, 11) is 0. The van der Waals surface area contributed by atoms with Gasteiger partial charge in [0.1, 0.15) is 0 Å². The fraction of sp³-hybridized carbons (Fsp3) is 0.538. The van der Waals surface area contributed by atoms with Crippen LogP contribution in [0.25, 0.3) is 0 Å². The van der Waals surface area contributed by atoms with Crippen molar-refractivity contribution >= 4 is 17.3 Å². The van der Waals surface area contributed by atoms with Gasteiger partial charge in [0.25, 0.3) is 5.69 Å². The Bertz CT molecular complexity index is 423. The van der Waals surface area contributed by atoms with Gasteiger partial charge in [-0.25, -0.2) is 0 Å². The second kappa shape index (κ2) is 6.71. The molecule has 0 aliphatic rings. The monoisotopic (exact) mass is 270 g/mol. The zero-order valence-corrected chi connectivity index (χ0v) is 11.7. The lowest BCUT2D eigenvalue weighted by molar-refractivity contribution is -0.385. The predicted octanol–water partition coefficient (Wildman–Crippen LogP) is 3.74. The average molecular weight is 271 g/mol. The van der Waals surface area contributed by atoms with Crippen LogP contribution in [0.3, 0.4) is 0 Å². The lowest BCUT2D eigenvalue weighted by Gasteiger charge is -2.23. The summed E-state index contributed by atoms with van der Waals surface area (Å²) in [6.07, 6.45) is 0.915. The highest BCUT2D eigenvalue weighted by molar-refractivity contribution is 6.30. The molecule has 0 saturated heterocycles. The zero-order chi connectivity index (χ0) is 13.7. The van der Waals surface area contributed by atoms with E-state index < -0.39 is 0 Å². The summed E-state index contributed by atoms with van der Waals surface area (Å²) in [5.74, 6) is 0.0500. The molecule has 0 spiro atoms. The van der Waals surface area contributed by atoms with Gasteiger partial charge in [-0.2, -0.15) is 0 Å². The van der Waals surface area contributed by atoms with Gasteiger partial charge in [0.05, 0.1) is 4.92 Å². The van der Waals surface area contributed by atoms with Gasteiger partial charge in [0.15, 0.2) is 0 Å². The molecule has 0 bridgehead atoms. The molecule has 100 valence electrons. The summed E-state index contributed by atoms with van der Waals surface area (Å²) >= 11 is 5.95. The van der Waals surface area contributed by atoms with E-state index in [-0.39, 0.29) is 22.6 Å². The number of halogens is 1. The first-order valence-electron chi connectivity index (χ1n) is 6.18. The molecule has 1 aromatic rings. The lowest BCUT2D eigenvalue weighted by atomic mass is 9.90. The molecule has 4 nitrogen and oxygen atoms in total. The third-order valence-corrected chi connectivity index (χ3v) is 3.42. The van der Waals surface area contributed by atoms with E-state index in [0.717, 1.165) is 13.0 Å². The summed E-state index contributed by atoms with van der Waals surface area (Å²) < 4.78 is 0. The van der Waals surface area contributed by atoms with Gasteiger partial charge in [-0.3, -0.25) is 10.1 Å². The molecule has 0 radical (unpaired) electrons. The SMILES string of the molecule is CCNC(CC)C(C)c1cc(Cl)ccc1[N+](=O)[O-]. The molecule has 2 atom stereocenters. The molecule has 1 N–H and O–H groups in total. The number of nitrogens with one attached hydrogen (secondary N) is 1. The first kappa shape index (κ1) is 14.9. The van der Waals surface area contributed by atoms with Crippen LogP contribution in [0, 0.1) is 10.1 Å². The maximum atomic E-state index is 11.0. The molecular weight excluding hydrogens is 252 g/mol. The highest BCUT2D eigenvalue weighted by Gasteiger charge is 2.24. The second-order valence-corrected chi connectivity index (χ2v) is 4.76. The molecule has 0 fully saturated rings. The number of nitro groups is 1. The first-order valence-corrected chi connectivity index (χ1v) is 6.56. The zero-order valence-electron chi connectivity index (χ0n) is 10.9. The van der Waals surface area contributed by atoms with Crippen LogP contribution in [0.1, 0.15) is 38.7 Å². The predicted molar refractivity (Wildman–Crippen MR) is 74.3 cm³/mol. The summed E-state index contributed by atoms with van der Waals surface area (Å²) in [5, 5.41) is 14.9. The highest BCUT2D eigenvalue weighted by atomic mass is 35.5. The van der Waals surface area contributed by atoms with E-state index in [9.17, 15) is 10.1 Å². The van der Waals surface area contributed by atoms with Crippen molar-refractivity contribution in [3.63, 3.8) is 0 Å². The molecule has 0 aliphatic carbocycles. The molecule has 18 heavy (non-hydrogen) atoms. The van der Waals surface area contributed by atoms with E-state index >= 15 is 0 Å². The quantitative estimate of drug-likeness (QED) is 0.633. The molecule has 0 aromatic heterocycles. The van der Waals surface area contributed by atoms with E-state index in [4.69, 9.17) is 11.6 Å². The lowest BCUT2D eigenvalue weighted by Crippen LogP contribution is -2.33. The number of hydrogen-bond acceptors (Lipinski definition) is 3. The number of nitrogens with zero attached hydrogens (tertiary/aromatic N) is 1. The Morgan fingerprint density at radius 2 is 2.11 bits per heavy atom. The van der Waals surface area contributed by atoms with Crippen molar-refractivity contribution in [2.24, 2.45) is 0 Å². The topological polar surface area (TPSA) is 55.2 Å². The minimum Gasteiger partial charge on any atom is -0.314 e. The van der Waals surface area contributed by atoms with Gasteiger partial charge >= 0.3 is 0 Å². The molecule has 5 heteroatoms. The van der Waals surface area contributed by atoms with Crippen LogP contribution in [0.5, 0.6) is 0 Å². The number of hydrogen-bond donors (Lipinski definition) is 1. The molecular formula is C13H19ClN2O2. The Kier molecular flexibility index (Phi) is 5.56. The van der Waals surface area contributed by atoms with Crippen molar-refractivity contribution < 1.29 is 4.92 Å². The molecule has 2 unspecified atom stereocenters. The van der Waals surface area contributed by atoms with Crippen LogP contribution in [-0.2, 0) is 0 Å². The summed E-state index contributed by atoms with van der Waals surface area (Å²) in [5.41, 5.74) is 0.837. The molecule has 0 aliphatic heterocycles. The molecule has 1 aromatic carbocycles. The fourth-order valence-corrected chi connectivity index (χ4v) is 2.39. The van der Waals surface area contributed by atoms with E-state index in [1.165, 1.54) is 6.07 Å². The Morgan fingerprint density at radius 3 is 2.61 bits per heavy atom. The highest BCUT2D eigenvalue weighted by Crippen LogP contribution is 2.32. The summed E-state index contributed by atoms with van der Waals surface area (Å²) in [4.78, 5) is 10.7. The Balaban J connectivity index is 3.13. The van der Waals surface area contributed by atoms with E-state index in [2.05, 4.69) is 12.2 Å². The molecule has 0 saturated carbocycles. The molecule has 0 heterocycles. The smallest absolute Gasteiger partial charge is 0.273 e. The summed E-state index contributed by atoms with van der Waals surface area (Å²) in [6, 6.07) is 4.95. The largest absolute Gasteiger partial charge is 0.314 e. The van der Waals surface area contributed by atoms with Gasteiger partial charge in [-0.05, 0) is 25.1 Å². The van der Waals surface area contributed by atoms with Crippen LogP contribution < -0.4 is 5.32 Å². The second-order valence-electron chi connectivity index (χ2n) is 4.32. The van der Waals surface area contributed by atoms with Crippen molar-refractivity contribution in [3.8, 4) is 0 Å².